The normalized spacial score (nSPS) is 35.1. The molecule has 0 aromatic rings. The number of ether oxygens (including phenoxy) is 1. The molecule has 0 radical (unpaired) electrons. The summed E-state index contributed by atoms with van der Waals surface area (Å²) in [4.78, 5) is 0. The van der Waals surface area contributed by atoms with E-state index in [9.17, 15) is 0 Å². The molecule has 18 heavy (non-hydrogen) atoms. The summed E-state index contributed by atoms with van der Waals surface area (Å²) in [6.07, 6.45) is 15.5. The molecule has 3 aliphatic rings. The van der Waals surface area contributed by atoms with Gasteiger partial charge in [0, 0.05) is 19.3 Å². The molecule has 102 valence electrons. The number of rotatable bonds is 3. The van der Waals surface area contributed by atoms with Gasteiger partial charge in [-0.3, -0.25) is 0 Å². The summed E-state index contributed by atoms with van der Waals surface area (Å²) in [5, 5.41) is 3.92. The second kappa shape index (κ2) is 5.75. The molecular formula is C16H27NO. The highest BCUT2D eigenvalue weighted by molar-refractivity contribution is 4.98. The molecule has 1 heterocycles. The fourth-order valence-corrected chi connectivity index (χ4v) is 4.18. The van der Waals surface area contributed by atoms with Crippen molar-refractivity contribution in [1.29, 1.82) is 0 Å². The molecule has 0 amide bonds. The maximum absolute atomic E-state index is 5.56. The van der Waals surface area contributed by atoms with Gasteiger partial charge in [0.15, 0.2) is 0 Å². The monoisotopic (exact) mass is 249 g/mol. The van der Waals surface area contributed by atoms with Crippen LogP contribution in [-0.2, 0) is 4.74 Å². The average Bonchev–Trinajstić information content (AvgIpc) is 2.81. The Kier molecular flexibility index (Phi) is 4.05. The van der Waals surface area contributed by atoms with Gasteiger partial charge >= 0.3 is 0 Å². The van der Waals surface area contributed by atoms with Crippen LogP contribution in [0.4, 0.5) is 0 Å². The molecule has 0 aromatic carbocycles. The largest absolute Gasteiger partial charge is 0.381 e. The van der Waals surface area contributed by atoms with E-state index in [1.54, 1.807) is 0 Å². The van der Waals surface area contributed by atoms with Crippen LogP contribution in [-0.4, -0.2) is 25.8 Å². The summed E-state index contributed by atoms with van der Waals surface area (Å²) in [5.74, 6) is 0.882. The van der Waals surface area contributed by atoms with Crippen LogP contribution in [0.25, 0.3) is 0 Å². The van der Waals surface area contributed by atoms with E-state index in [2.05, 4.69) is 17.5 Å². The third-order valence-corrected chi connectivity index (χ3v) is 5.43. The molecule has 2 fully saturated rings. The van der Waals surface area contributed by atoms with E-state index in [0.29, 0.717) is 5.41 Å². The Morgan fingerprint density at radius 3 is 2.78 bits per heavy atom. The van der Waals surface area contributed by atoms with Crippen molar-refractivity contribution < 1.29 is 4.74 Å². The van der Waals surface area contributed by atoms with E-state index < -0.39 is 0 Å². The predicted molar refractivity (Wildman–Crippen MR) is 74.6 cm³/mol. The van der Waals surface area contributed by atoms with Gasteiger partial charge in [-0.05, 0) is 62.8 Å². The van der Waals surface area contributed by atoms with Crippen LogP contribution in [0.1, 0.15) is 51.4 Å². The van der Waals surface area contributed by atoms with Crippen LogP contribution in [0, 0.1) is 11.3 Å². The second-order valence-electron chi connectivity index (χ2n) is 6.48. The van der Waals surface area contributed by atoms with Gasteiger partial charge in [0.2, 0.25) is 0 Å². The van der Waals surface area contributed by atoms with Crippen molar-refractivity contribution >= 4 is 0 Å². The Labute approximate surface area is 111 Å². The summed E-state index contributed by atoms with van der Waals surface area (Å²) < 4.78 is 5.56. The first-order chi connectivity index (χ1) is 8.89. The molecule has 2 unspecified atom stereocenters. The number of hydrogen-bond acceptors (Lipinski definition) is 2. The van der Waals surface area contributed by atoms with Crippen molar-refractivity contribution in [1.82, 2.24) is 5.32 Å². The Morgan fingerprint density at radius 2 is 2.00 bits per heavy atom. The average molecular weight is 249 g/mol. The summed E-state index contributed by atoms with van der Waals surface area (Å²) in [7, 11) is 0. The first-order valence-electron chi connectivity index (χ1n) is 7.85. The number of hydrogen-bond donors (Lipinski definition) is 1. The zero-order valence-corrected chi connectivity index (χ0v) is 11.5. The number of allylic oxidation sites excluding steroid dienone is 2. The number of nitrogens with one attached hydrogen (secondary N) is 1. The zero-order chi connectivity index (χ0) is 12.3. The van der Waals surface area contributed by atoms with Gasteiger partial charge in [0.25, 0.3) is 0 Å². The summed E-state index contributed by atoms with van der Waals surface area (Å²) in [6.45, 7) is 3.21. The van der Waals surface area contributed by atoms with Gasteiger partial charge in [0.05, 0.1) is 0 Å². The minimum atomic E-state index is 0.586. The van der Waals surface area contributed by atoms with Crippen molar-refractivity contribution in [3.05, 3.63) is 12.2 Å². The van der Waals surface area contributed by atoms with Crippen LogP contribution in [0.5, 0.6) is 0 Å². The molecule has 2 heteroatoms. The molecule has 0 aromatic heterocycles. The Hall–Kier alpha value is -0.340. The maximum Gasteiger partial charge on any atom is 0.0471 e. The summed E-state index contributed by atoms with van der Waals surface area (Å²) >= 11 is 0. The SMILES string of the molecule is C1=CCC(CNC2CCCC23CCOCC3)CC1. The minimum absolute atomic E-state index is 0.586. The van der Waals surface area contributed by atoms with Crippen molar-refractivity contribution in [2.75, 3.05) is 19.8 Å². The van der Waals surface area contributed by atoms with Crippen molar-refractivity contribution in [2.24, 2.45) is 11.3 Å². The van der Waals surface area contributed by atoms with E-state index in [4.69, 9.17) is 4.74 Å². The highest BCUT2D eigenvalue weighted by Gasteiger charge is 2.43. The molecule has 1 saturated heterocycles. The van der Waals surface area contributed by atoms with Crippen molar-refractivity contribution in [2.45, 2.75) is 57.4 Å². The Balaban J connectivity index is 1.53. The molecule has 3 rings (SSSR count). The predicted octanol–water partition coefficient (Wildman–Crippen LogP) is 3.28. The van der Waals surface area contributed by atoms with Crippen LogP contribution in [0.2, 0.25) is 0 Å². The Bertz CT molecular complexity index is 293. The van der Waals surface area contributed by atoms with Crippen LogP contribution < -0.4 is 5.32 Å². The van der Waals surface area contributed by atoms with E-state index in [1.807, 2.05) is 0 Å². The van der Waals surface area contributed by atoms with Gasteiger partial charge in [0.1, 0.15) is 0 Å². The van der Waals surface area contributed by atoms with Gasteiger partial charge in [-0.25, -0.2) is 0 Å². The van der Waals surface area contributed by atoms with E-state index in [1.165, 1.54) is 57.9 Å². The maximum atomic E-state index is 5.56. The highest BCUT2D eigenvalue weighted by atomic mass is 16.5. The van der Waals surface area contributed by atoms with Gasteiger partial charge in [-0.2, -0.15) is 0 Å². The molecule has 1 spiro atoms. The smallest absolute Gasteiger partial charge is 0.0471 e. The third kappa shape index (κ3) is 2.65. The fourth-order valence-electron chi connectivity index (χ4n) is 4.18. The lowest BCUT2D eigenvalue weighted by atomic mass is 9.75. The minimum Gasteiger partial charge on any atom is -0.381 e. The fraction of sp³-hybridized carbons (Fsp3) is 0.875. The van der Waals surface area contributed by atoms with E-state index in [0.717, 1.165) is 25.2 Å². The molecular weight excluding hydrogens is 222 g/mol. The molecule has 1 aliphatic heterocycles. The lowest BCUT2D eigenvalue weighted by molar-refractivity contribution is 0.00381. The van der Waals surface area contributed by atoms with Crippen LogP contribution in [0.3, 0.4) is 0 Å². The molecule has 1 saturated carbocycles. The molecule has 2 atom stereocenters. The summed E-state index contributed by atoms with van der Waals surface area (Å²) in [6, 6.07) is 0.771. The highest BCUT2D eigenvalue weighted by Crippen LogP contribution is 2.46. The topological polar surface area (TPSA) is 21.3 Å². The Morgan fingerprint density at radius 1 is 1.11 bits per heavy atom. The lowest BCUT2D eigenvalue weighted by Gasteiger charge is -2.40. The van der Waals surface area contributed by atoms with E-state index in [-0.39, 0.29) is 0 Å². The zero-order valence-electron chi connectivity index (χ0n) is 11.5. The lowest BCUT2D eigenvalue weighted by Crippen LogP contribution is -2.46. The molecule has 2 aliphatic carbocycles. The van der Waals surface area contributed by atoms with Gasteiger partial charge < -0.3 is 10.1 Å². The third-order valence-electron chi connectivity index (χ3n) is 5.43. The second-order valence-corrected chi connectivity index (χ2v) is 6.48. The van der Waals surface area contributed by atoms with Crippen LogP contribution >= 0.6 is 0 Å². The first-order valence-corrected chi connectivity index (χ1v) is 7.85. The van der Waals surface area contributed by atoms with Crippen molar-refractivity contribution in [3.8, 4) is 0 Å². The molecule has 2 nitrogen and oxygen atoms in total. The quantitative estimate of drug-likeness (QED) is 0.775. The van der Waals surface area contributed by atoms with Crippen LogP contribution in [0.15, 0.2) is 12.2 Å². The summed E-state index contributed by atoms with van der Waals surface area (Å²) in [5.41, 5.74) is 0.586. The van der Waals surface area contributed by atoms with Crippen molar-refractivity contribution in [3.63, 3.8) is 0 Å². The first kappa shape index (κ1) is 12.7. The molecule has 0 bridgehead atoms. The van der Waals surface area contributed by atoms with E-state index >= 15 is 0 Å². The molecule has 1 N–H and O–H groups in total. The standard InChI is InChI=1S/C16H27NO/c1-2-5-14(6-3-1)13-17-15-7-4-8-16(15)9-11-18-12-10-16/h1-2,14-15,17H,3-13H2. The van der Waals surface area contributed by atoms with Gasteiger partial charge in [-0.15, -0.1) is 0 Å². The van der Waals surface area contributed by atoms with Gasteiger partial charge in [-0.1, -0.05) is 18.6 Å².